The molecule has 3 aromatic rings. The number of morpholine rings is 1. The third-order valence-electron chi connectivity index (χ3n) is 4.74. The van der Waals surface area contributed by atoms with Crippen molar-refractivity contribution in [2.45, 2.75) is 19.1 Å². The number of benzene rings is 3. The summed E-state index contributed by atoms with van der Waals surface area (Å²) in [4.78, 5) is 15.1. The molecule has 1 amide bonds. The van der Waals surface area contributed by atoms with Crippen LogP contribution < -0.4 is 0 Å². The SMILES string of the molecule is C[C@H]1CN(C(=O)c2cccc3ccccc23)C[C@H](c2ccccc2)O1. The van der Waals surface area contributed by atoms with Gasteiger partial charge in [0.1, 0.15) is 6.10 Å². The van der Waals surface area contributed by atoms with Gasteiger partial charge in [0, 0.05) is 12.1 Å². The number of amides is 1. The Morgan fingerprint density at radius 2 is 1.64 bits per heavy atom. The summed E-state index contributed by atoms with van der Waals surface area (Å²) in [7, 11) is 0. The van der Waals surface area contributed by atoms with Crippen LogP contribution in [0.1, 0.15) is 28.9 Å². The van der Waals surface area contributed by atoms with Crippen LogP contribution in [0.3, 0.4) is 0 Å². The Labute approximate surface area is 147 Å². The fourth-order valence-corrected chi connectivity index (χ4v) is 3.55. The van der Waals surface area contributed by atoms with Crippen LogP contribution in [0, 0.1) is 0 Å². The molecular weight excluding hydrogens is 310 g/mol. The zero-order valence-electron chi connectivity index (χ0n) is 14.3. The maximum Gasteiger partial charge on any atom is 0.254 e. The van der Waals surface area contributed by atoms with Gasteiger partial charge in [-0.1, -0.05) is 66.7 Å². The van der Waals surface area contributed by atoms with E-state index in [9.17, 15) is 4.79 Å². The summed E-state index contributed by atoms with van der Waals surface area (Å²) in [5, 5.41) is 2.10. The van der Waals surface area contributed by atoms with Gasteiger partial charge in [0.2, 0.25) is 0 Å². The number of carbonyl (C=O) groups excluding carboxylic acids is 1. The molecule has 0 aromatic heterocycles. The highest BCUT2D eigenvalue weighted by Gasteiger charge is 2.30. The Morgan fingerprint density at radius 3 is 2.48 bits per heavy atom. The lowest BCUT2D eigenvalue weighted by atomic mass is 10.0. The second-order valence-corrected chi connectivity index (χ2v) is 6.58. The van der Waals surface area contributed by atoms with E-state index in [1.165, 1.54) is 0 Å². The summed E-state index contributed by atoms with van der Waals surface area (Å²) in [6.45, 7) is 3.22. The smallest absolute Gasteiger partial charge is 0.254 e. The molecule has 126 valence electrons. The molecule has 0 unspecified atom stereocenters. The minimum atomic E-state index is -0.0797. The predicted octanol–water partition coefficient (Wildman–Crippen LogP) is 4.44. The molecular formula is C22H21NO2. The molecule has 4 rings (SSSR count). The molecule has 1 aliphatic heterocycles. The van der Waals surface area contributed by atoms with Gasteiger partial charge in [-0.2, -0.15) is 0 Å². The van der Waals surface area contributed by atoms with Crippen LogP contribution in [0.4, 0.5) is 0 Å². The molecule has 0 spiro atoms. The largest absolute Gasteiger partial charge is 0.367 e. The van der Waals surface area contributed by atoms with E-state index in [-0.39, 0.29) is 18.1 Å². The number of nitrogens with zero attached hydrogens (tertiary/aromatic N) is 1. The van der Waals surface area contributed by atoms with E-state index < -0.39 is 0 Å². The highest BCUT2D eigenvalue weighted by atomic mass is 16.5. The first-order valence-electron chi connectivity index (χ1n) is 8.70. The molecule has 0 N–H and O–H groups in total. The second-order valence-electron chi connectivity index (χ2n) is 6.58. The Hall–Kier alpha value is -2.65. The molecule has 1 saturated heterocycles. The summed E-state index contributed by atoms with van der Waals surface area (Å²) in [6, 6.07) is 24.1. The van der Waals surface area contributed by atoms with Crippen molar-refractivity contribution in [3.05, 3.63) is 83.9 Å². The number of hydrogen-bond donors (Lipinski definition) is 0. The maximum atomic E-state index is 13.2. The van der Waals surface area contributed by atoms with Gasteiger partial charge in [-0.25, -0.2) is 0 Å². The normalized spacial score (nSPS) is 20.6. The van der Waals surface area contributed by atoms with Crippen molar-refractivity contribution < 1.29 is 9.53 Å². The van der Waals surface area contributed by atoms with Gasteiger partial charge in [0.25, 0.3) is 5.91 Å². The van der Waals surface area contributed by atoms with Crippen LogP contribution in [0.25, 0.3) is 10.8 Å². The van der Waals surface area contributed by atoms with Crippen molar-refractivity contribution in [3.8, 4) is 0 Å². The molecule has 0 saturated carbocycles. The van der Waals surface area contributed by atoms with Gasteiger partial charge in [-0.3, -0.25) is 4.79 Å². The van der Waals surface area contributed by atoms with Crippen LogP contribution in [-0.4, -0.2) is 30.0 Å². The Bertz CT molecular complexity index is 885. The molecule has 1 aliphatic rings. The topological polar surface area (TPSA) is 29.5 Å². The van der Waals surface area contributed by atoms with E-state index in [0.29, 0.717) is 13.1 Å². The number of rotatable bonds is 2. The molecule has 0 aliphatic carbocycles. The van der Waals surface area contributed by atoms with Crippen LogP contribution in [0.2, 0.25) is 0 Å². The molecule has 0 radical (unpaired) electrons. The lowest BCUT2D eigenvalue weighted by molar-refractivity contribution is -0.0691. The summed E-state index contributed by atoms with van der Waals surface area (Å²) < 4.78 is 6.08. The van der Waals surface area contributed by atoms with Crippen molar-refractivity contribution in [2.24, 2.45) is 0 Å². The Morgan fingerprint density at radius 1 is 0.920 bits per heavy atom. The number of ether oxygens (including phenoxy) is 1. The molecule has 3 heteroatoms. The first kappa shape index (κ1) is 15.9. The third kappa shape index (κ3) is 3.15. The van der Waals surface area contributed by atoms with E-state index in [1.807, 2.05) is 72.5 Å². The molecule has 25 heavy (non-hydrogen) atoms. The third-order valence-corrected chi connectivity index (χ3v) is 4.74. The molecule has 1 heterocycles. The van der Waals surface area contributed by atoms with Crippen LogP contribution >= 0.6 is 0 Å². The summed E-state index contributed by atoms with van der Waals surface area (Å²) in [6.07, 6.45) is -0.0678. The lowest BCUT2D eigenvalue weighted by Gasteiger charge is -2.37. The van der Waals surface area contributed by atoms with E-state index in [1.54, 1.807) is 0 Å². The first-order chi connectivity index (χ1) is 12.2. The molecule has 3 nitrogen and oxygen atoms in total. The van der Waals surface area contributed by atoms with E-state index in [2.05, 4.69) is 12.1 Å². The standard InChI is InChI=1S/C22H21NO2/c1-16-14-23(15-21(25-16)18-9-3-2-4-10-18)22(24)20-13-7-11-17-8-5-6-12-19(17)20/h2-13,16,21H,14-15H2,1H3/t16-,21+/m0/s1. The number of fused-ring (bicyclic) bond motifs is 1. The van der Waals surface area contributed by atoms with Crippen molar-refractivity contribution in [3.63, 3.8) is 0 Å². The van der Waals surface area contributed by atoms with Crippen molar-refractivity contribution in [1.29, 1.82) is 0 Å². The quantitative estimate of drug-likeness (QED) is 0.695. The Kier molecular flexibility index (Phi) is 4.24. The van der Waals surface area contributed by atoms with Crippen LogP contribution in [0.15, 0.2) is 72.8 Å². The summed E-state index contributed by atoms with van der Waals surface area (Å²) in [5.74, 6) is 0.0767. The average Bonchev–Trinajstić information content (AvgIpc) is 2.67. The van der Waals surface area contributed by atoms with E-state index in [4.69, 9.17) is 4.74 Å². The average molecular weight is 331 g/mol. The van der Waals surface area contributed by atoms with E-state index >= 15 is 0 Å². The lowest BCUT2D eigenvalue weighted by Crippen LogP contribution is -2.46. The summed E-state index contributed by atoms with van der Waals surface area (Å²) >= 11 is 0. The molecule has 1 fully saturated rings. The molecule has 2 atom stereocenters. The fourth-order valence-electron chi connectivity index (χ4n) is 3.55. The van der Waals surface area contributed by atoms with Gasteiger partial charge in [-0.05, 0) is 29.3 Å². The van der Waals surface area contributed by atoms with Crippen molar-refractivity contribution in [1.82, 2.24) is 4.90 Å². The predicted molar refractivity (Wildman–Crippen MR) is 99.6 cm³/mol. The first-order valence-corrected chi connectivity index (χ1v) is 8.70. The Balaban J connectivity index is 1.65. The summed E-state index contributed by atoms with van der Waals surface area (Å²) in [5.41, 5.74) is 1.88. The van der Waals surface area contributed by atoms with Gasteiger partial charge >= 0.3 is 0 Å². The zero-order chi connectivity index (χ0) is 17.2. The van der Waals surface area contributed by atoms with E-state index in [0.717, 1.165) is 21.9 Å². The number of hydrogen-bond acceptors (Lipinski definition) is 2. The molecule has 3 aromatic carbocycles. The van der Waals surface area contributed by atoms with Crippen molar-refractivity contribution in [2.75, 3.05) is 13.1 Å². The second kappa shape index (κ2) is 6.69. The van der Waals surface area contributed by atoms with Crippen molar-refractivity contribution >= 4 is 16.7 Å². The minimum Gasteiger partial charge on any atom is -0.367 e. The zero-order valence-corrected chi connectivity index (χ0v) is 14.3. The molecule has 0 bridgehead atoms. The fraction of sp³-hybridized carbons (Fsp3) is 0.227. The highest BCUT2D eigenvalue weighted by Crippen LogP contribution is 2.27. The highest BCUT2D eigenvalue weighted by molar-refractivity contribution is 6.07. The van der Waals surface area contributed by atoms with Gasteiger partial charge in [0.15, 0.2) is 0 Å². The number of carbonyl (C=O) groups is 1. The van der Waals surface area contributed by atoms with Gasteiger partial charge in [-0.15, -0.1) is 0 Å². The van der Waals surface area contributed by atoms with Gasteiger partial charge < -0.3 is 9.64 Å². The monoisotopic (exact) mass is 331 g/mol. The van der Waals surface area contributed by atoms with Gasteiger partial charge in [0.05, 0.1) is 12.6 Å². The maximum absolute atomic E-state index is 13.2. The minimum absolute atomic E-state index is 0.0119. The van der Waals surface area contributed by atoms with Crippen LogP contribution in [0.5, 0.6) is 0 Å². The van der Waals surface area contributed by atoms with Crippen LogP contribution in [-0.2, 0) is 4.74 Å².